The summed E-state index contributed by atoms with van der Waals surface area (Å²) >= 11 is 0. The van der Waals surface area contributed by atoms with E-state index in [0.29, 0.717) is 12.4 Å². The van der Waals surface area contributed by atoms with Gasteiger partial charge in [0, 0.05) is 51.5 Å². The first kappa shape index (κ1) is 20.7. The van der Waals surface area contributed by atoms with Gasteiger partial charge in [0.1, 0.15) is 5.82 Å². The average Bonchev–Trinajstić information content (AvgIpc) is 3.27. The molecule has 0 saturated carbocycles. The predicted molar refractivity (Wildman–Crippen MR) is 114 cm³/mol. The van der Waals surface area contributed by atoms with Crippen molar-refractivity contribution >= 4 is 11.9 Å². The van der Waals surface area contributed by atoms with Crippen LogP contribution in [0.5, 0.6) is 0 Å². The quantitative estimate of drug-likeness (QED) is 0.751. The standard InChI is InChI=1S/C23H29FN4O2/c1-27(2)23-25-15-20(16-5-7-18(24)8-6-16)22(26-23)17-9-11-28(12-10-17)21(29)14-19-4-3-13-30-19/h5-8,15,17,19H,3-4,9-14H2,1-2H3. The van der Waals surface area contributed by atoms with Crippen LogP contribution in [0.2, 0.25) is 0 Å². The van der Waals surface area contributed by atoms with Gasteiger partial charge in [0.25, 0.3) is 0 Å². The Kier molecular flexibility index (Phi) is 6.27. The summed E-state index contributed by atoms with van der Waals surface area (Å²) in [5.41, 5.74) is 2.82. The molecule has 1 unspecified atom stereocenters. The molecule has 7 heteroatoms. The number of hydrogen-bond donors (Lipinski definition) is 0. The normalized spacial score (nSPS) is 19.8. The van der Waals surface area contributed by atoms with Crippen molar-refractivity contribution in [2.24, 2.45) is 0 Å². The monoisotopic (exact) mass is 412 g/mol. The second-order valence-electron chi connectivity index (χ2n) is 8.36. The second-order valence-corrected chi connectivity index (χ2v) is 8.36. The minimum absolute atomic E-state index is 0.0878. The number of piperidine rings is 1. The molecule has 0 N–H and O–H groups in total. The molecule has 2 aliphatic rings. The molecule has 3 heterocycles. The fraction of sp³-hybridized carbons (Fsp3) is 0.522. The molecule has 2 aromatic rings. The van der Waals surface area contributed by atoms with Crippen molar-refractivity contribution in [3.05, 3.63) is 42.0 Å². The molecule has 1 aromatic carbocycles. The molecule has 2 fully saturated rings. The lowest BCUT2D eigenvalue weighted by Crippen LogP contribution is -2.39. The Morgan fingerprint density at radius 3 is 2.57 bits per heavy atom. The van der Waals surface area contributed by atoms with Crippen LogP contribution in [0.15, 0.2) is 30.5 Å². The predicted octanol–water partition coefficient (Wildman–Crippen LogP) is 3.62. The molecular weight excluding hydrogens is 383 g/mol. The van der Waals surface area contributed by atoms with Gasteiger partial charge in [-0.05, 0) is 43.4 Å². The molecule has 6 nitrogen and oxygen atoms in total. The van der Waals surface area contributed by atoms with Crippen LogP contribution in [0.25, 0.3) is 11.1 Å². The number of rotatable bonds is 5. The summed E-state index contributed by atoms with van der Waals surface area (Å²) in [6.07, 6.45) is 6.16. The first-order chi connectivity index (χ1) is 14.5. The highest BCUT2D eigenvalue weighted by Crippen LogP contribution is 2.35. The summed E-state index contributed by atoms with van der Waals surface area (Å²) in [5.74, 6) is 0.825. The van der Waals surface area contributed by atoms with Gasteiger partial charge in [0.2, 0.25) is 11.9 Å². The van der Waals surface area contributed by atoms with E-state index in [1.54, 1.807) is 12.1 Å². The molecule has 30 heavy (non-hydrogen) atoms. The van der Waals surface area contributed by atoms with E-state index in [1.807, 2.05) is 30.1 Å². The molecular formula is C23H29FN4O2. The number of carbonyl (C=O) groups excluding carboxylic acids is 1. The van der Waals surface area contributed by atoms with Gasteiger partial charge < -0.3 is 14.5 Å². The number of amides is 1. The Morgan fingerprint density at radius 1 is 1.20 bits per heavy atom. The molecule has 2 saturated heterocycles. The molecule has 0 radical (unpaired) electrons. The van der Waals surface area contributed by atoms with Crippen LogP contribution >= 0.6 is 0 Å². The molecule has 0 spiro atoms. The number of benzene rings is 1. The van der Waals surface area contributed by atoms with Gasteiger partial charge in [0.15, 0.2) is 0 Å². The Hall–Kier alpha value is -2.54. The summed E-state index contributed by atoms with van der Waals surface area (Å²) in [6, 6.07) is 6.47. The number of nitrogens with zero attached hydrogens (tertiary/aromatic N) is 4. The summed E-state index contributed by atoms with van der Waals surface area (Å²) in [5, 5.41) is 0. The lowest BCUT2D eigenvalue weighted by molar-refractivity contribution is -0.134. The highest BCUT2D eigenvalue weighted by molar-refractivity contribution is 5.77. The summed E-state index contributed by atoms with van der Waals surface area (Å²) in [4.78, 5) is 25.8. The third kappa shape index (κ3) is 4.61. The van der Waals surface area contributed by atoms with Gasteiger partial charge in [0.05, 0.1) is 18.2 Å². The zero-order valence-electron chi connectivity index (χ0n) is 17.7. The summed E-state index contributed by atoms with van der Waals surface area (Å²) in [7, 11) is 3.84. The van der Waals surface area contributed by atoms with Crippen LogP contribution in [-0.4, -0.2) is 60.7 Å². The van der Waals surface area contributed by atoms with E-state index in [-0.39, 0.29) is 23.7 Å². The number of hydrogen-bond acceptors (Lipinski definition) is 5. The third-order valence-corrected chi connectivity index (χ3v) is 6.02. The maximum Gasteiger partial charge on any atom is 0.225 e. The van der Waals surface area contributed by atoms with E-state index >= 15 is 0 Å². The molecule has 1 aromatic heterocycles. The highest BCUT2D eigenvalue weighted by Gasteiger charge is 2.29. The van der Waals surface area contributed by atoms with E-state index in [9.17, 15) is 9.18 Å². The first-order valence-corrected chi connectivity index (χ1v) is 10.7. The molecule has 0 bridgehead atoms. The lowest BCUT2D eigenvalue weighted by atomic mass is 9.88. The van der Waals surface area contributed by atoms with Crippen molar-refractivity contribution in [1.29, 1.82) is 0 Å². The van der Waals surface area contributed by atoms with Gasteiger partial charge in [-0.25, -0.2) is 14.4 Å². The molecule has 1 atom stereocenters. The van der Waals surface area contributed by atoms with Crippen molar-refractivity contribution in [3.8, 4) is 11.1 Å². The number of carbonyl (C=O) groups is 1. The van der Waals surface area contributed by atoms with E-state index in [4.69, 9.17) is 9.72 Å². The van der Waals surface area contributed by atoms with Gasteiger partial charge in [-0.2, -0.15) is 0 Å². The second kappa shape index (κ2) is 9.08. The van der Waals surface area contributed by atoms with Crippen molar-refractivity contribution < 1.29 is 13.9 Å². The number of likely N-dealkylation sites (tertiary alicyclic amines) is 1. The summed E-state index contributed by atoms with van der Waals surface area (Å²) < 4.78 is 19.0. The zero-order chi connectivity index (χ0) is 21.1. The van der Waals surface area contributed by atoms with Crippen LogP contribution in [0, 0.1) is 5.82 Å². The molecule has 0 aliphatic carbocycles. The van der Waals surface area contributed by atoms with Crippen LogP contribution in [0.3, 0.4) is 0 Å². The number of ether oxygens (including phenoxy) is 1. The molecule has 2 aliphatic heterocycles. The zero-order valence-corrected chi connectivity index (χ0v) is 17.7. The van der Waals surface area contributed by atoms with E-state index in [1.165, 1.54) is 12.1 Å². The van der Waals surface area contributed by atoms with Gasteiger partial charge in [-0.1, -0.05) is 12.1 Å². The maximum atomic E-state index is 13.4. The van der Waals surface area contributed by atoms with Gasteiger partial charge in [-0.15, -0.1) is 0 Å². The lowest BCUT2D eigenvalue weighted by Gasteiger charge is -2.33. The minimum Gasteiger partial charge on any atom is -0.378 e. The van der Waals surface area contributed by atoms with Crippen molar-refractivity contribution in [2.45, 2.75) is 44.1 Å². The van der Waals surface area contributed by atoms with Crippen molar-refractivity contribution in [2.75, 3.05) is 38.7 Å². The Bertz CT molecular complexity index is 873. The number of aromatic nitrogens is 2. The van der Waals surface area contributed by atoms with Gasteiger partial charge in [-0.3, -0.25) is 4.79 Å². The van der Waals surface area contributed by atoms with Crippen molar-refractivity contribution in [3.63, 3.8) is 0 Å². The van der Waals surface area contributed by atoms with Gasteiger partial charge >= 0.3 is 0 Å². The van der Waals surface area contributed by atoms with Crippen LogP contribution < -0.4 is 4.90 Å². The largest absolute Gasteiger partial charge is 0.378 e. The number of anilines is 1. The smallest absolute Gasteiger partial charge is 0.225 e. The maximum absolute atomic E-state index is 13.4. The molecule has 160 valence electrons. The highest BCUT2D eigenvalue weighted by atomic mass is 19.1. The molecule has 4 rings (SSSR count). The minimum atomic E-state index is -0.260. The summed E-state index contributed by atoms with van der Waals surface area (Å²) in [6.45, 7) is 2.22. The van der Waals surface area contributed by atoms with E-state index < -0.39 is 0 Å². The number of halogens is 1. The molecule has 1 amide bonds. The third-order valence-electron chi connectivity index (χ3n) is 6.02. The van der Waals surface area contributed by atoms with Crippen LogP contribution in [0.4, 0.5) is 10.3 Å². The van der Waals surface area contributed by atoms with E-state index in [0.717, 1.165) is 62.2 Å². The van der Waals surface area contributed by atoms with Crippen molar-refractivity contribution in [1.82, 2.24) is 14.9 Å². The Morgan fingerprint density at radius 2 is 1.93 bits per heavy atom. The Labute approximate surface area is 177 Å². The first-order valence-electron chi connectivity index (χ1n) is 10.7. The fourth-order valence-electron chi connectivity index (χ4n) is 4.30. The average molecular weight is 413 g/mol. The Balaban J connectivity index is 1.50. The van der Waals surface area contributed by atoms with Crippen LogP contribution in [-0.2, 0) is 9.53 Å². The fourth-order valence-corrected chi connectivity index (χ4v) is 4.30. The SMILES string of the molecule is CN(C)c1ncc(-c2ccc(F)cc2)c(C2CCN(C(=O)CC3CCCO3)CC2)n1. The van der Waals surface area contributed by atoms with Crippen LogP contribution in [0.1, 0.15) is 43.7 Å². The van der Waals surface area contributed by atoms with E-state index in [2.05, 4.69) is 4.98 Å². The topological polar surface area (TPSA) is 58.6 Å².